The van der Waals surface area contributed by atoms with Gasteiger partial charge in [0, 0.05) is 17.7 Å². The maximum absolute atomic E-state index is 13.5. The number of hydrogen-bond donors (Lipinski definition) is 0. The monoisotopic (exact) mass is 323 g/mol. The molecule has 0 N–H and O–H groups in total. The molecule has 2 aliphatic rings. The molecule has 5 nitrogen and oxygen atoms in total. The van der Waals surface area contributed by atoms with Gasteiger partial charge in [0.1, 0.15) is 11.9 Å². The summed E-state index contributed by atoms with van der Waals surface area (Å²) in [4.78, 5) is 16.3. The van der Waals surface area contributed by atoms with Gasteiger partial charge in [-0.3, -0.25) is 4.98 Å². The van der Waals surface area contributed by atoms with Crippen LogP contribution in [-0.2, 0) is 19.0 Å². The van der Waals surface area contributed by atoms with Crippen molar-refractivity contribution in [3.05, 3.63) is 29.8 Å². The maximum atomic E-state index is 13.5. The number of rotatable bonds is 4. The van der Waals surface area contributed by atoms with Gasteiger partial charge in [-0.15, -0.1) is 0 Å². The van der Waals surface area contributed by atoms with Crippen molar-refractivity contribution in [1.82, 2.24) is 4.98 Å². The molecule has 23 heavy (non-hydrogen) atoms. The largest absolute Gasteiger partial charge is 0.455 e. The molecule has 1 saturated heterocycles. The second-order valence-corrected chi connectivity index (χ2v) is 6.13. The number of esters is 1. The average Bonchev–Trinajstić information content (AvgIpc) is 2.61. The topological polar surface area (TPSA) is 57.7 Å². The van der Waals surface area contributed by atoms with Crippen molar-refractivity contribution >= 4 is 5.97 Å². The number of pyridine rings is 1. The first-order valence-corrected chi connectivity index (χ1v) is 8.24. The molecule has 2 atom stereocenters. The van der Waals surface area contributed by atoms with Gasteiger partial charge in [-0.25, -0.2) is 9.18 Å². The summed E-state index contributed by atoms with van der Waals surface area (Å²) in [5, 5.41) is 0. The normalized spacial score (nSPS) is 24.1. The van der Waals surface area contributed by atoms with Crippen LogP contribution in [0, 0.1) is 11.7 Å². The molecule has 3 rings (SSSR count). The molecule has 2 fully saturated rings. The van der Waals surface area contributed by atoms with E-state index in [4.69, 9.17) is 14.2 Å². The molecule has 0 spiro atoms. The lowest BCUT2D eigenvalue weighted by Crippen LogP contribution is -2.38. The third-order valence-corrected chi connectivity index (χ3v) is 4.45. The molecule has 0 bridgehead atoms. The van der Waals surface area contributed by atoms with E-state index in [9.17, 15) is 9.18 Å². The van der Waals surface area contributed by atoms with Gasteiger partial charge in [0.15, 0.2) is 6.10 Å². The van der Waals surface area contributed by atoms with Crippen LogP contribution in [0.5, 0.6) is 0 Å². The maximum Gasteiger partial charge on any atom is 0.338 e. The minimum absolute atomic E-state index is 0.195. The first-order valence-electron chi connectivity index (χ1n) is 8.24. The lowest BCUT2D eigenvalue weighted by atomic mass is 9.83. The number of aromatic nitrogens is 1. The van der Waals surface area contributed by atoms with Crippen LogP contribution in [0.2, 0.25) is 0 Å². The third-order valence-electron chi connectivity index (χ3n) is 4.45. The Bertz CT molecular complexity index is 527. The highest BCUT2D eigenvalue weighted by Crippen LogP contribution is 2.37. The fourth-order valence-corrected chi connectivity index (χ4v) is 3.28. The fraction of sp³-hybridized carbons (Fsp3) is 0.647. The Morgan fingerprint density at radius 2 is 2.09 bits per heavy atom. The zero-order chi connectivity index (χ0) is 16.1. The van der Waals surface area contributed by atoms with Crippen molar-refractivity contribution in [2.75, 3.05) is 19.8 Å². The minimum Gasteiger partial charge on any atom is -0.455 e. The van der Waals surface area contributed by atoms with E-state index in [-0.39, 0.29) is 12.5 Å². The van der Waals surface area contributed by atoms with Crippen molar-refractivity contribution in [3.63, 3.8) is 0 Å². The summed E-state index contributed by atoms with van der Waals surface area (Å²) in [5.41, 5.74) is 0.613. The average molecular weight is 323 g/mol. The van der Waals surface area contributed by atoms with Crippen molar-refractivity contribution in [3.8, 4) is 0 Å². The predicted octanol–water partition coefficient (Wildman–Crippen LogP) is 2.80. The standard InChI is InChI=1S/C17H22FNO4/c18-14-8-13(9-19-10-14)16(12-4-2-1-3-5-12)23-17(20)15-11-21-6-7-22-15/h8-10,12,15-16H,1-7,11H2/t15-,16-/m1/s1. The Morgan fingerprint density at radius 3 is 2.78 bits per heavy atom. The van der Waals surface area contributed by atoms with E-state index in [1.165, 1.54) is 12.5 Å². The van der Waals surface area contributed by atoms with Crippen LogP contribution < -0.4 is 0 Å². The molecule has 0 aromatic carbocycles. The van der Waals surface area contributed by atoms with Gasteiger partial charge < -0.3 is 14.2 Å². The SMILES string of the molecule is O=C(O[C@@H](c1cncc(F)c1)C1CCCCC1)[C@H]1COCCO1. The van der Waals surface area contributed by atoms with Gasteiger partial charge in [-0.1, -0.05) is 19.3 Å². The summed E-state index contributed by atoms with van der Waals surface area (Å²) in [6.45, 7) is 1.08. The smallest absolute Gasteiger partial charge is 0.338 e. The molecule has 1 aliphatic carbocycles. The van der Waals surface area contributed by atoms with Crippen LogP contribution >= 0.6 is 0 Å². The van der Waals surface area contributed by atoms with E-state index in [2.05, 4.69) is 4.98 Å². The Balaban J connectivity index is 1.75. The summed E-state index contributed by atoms with van der Waals surface area (Å²) in [7, 11) is 0. The zero-order valence-electron chi connectivity index (χ0n) is 13.1. The zero-order valence-corrected chi connectivity index (χ0v) is 13.1. The highest BCUT2D eigenvalue weighted by atomic mass is 19.1. The number of hydrogen-bond acceptors (Lipinski definition) is 5. The second kappa shape index (κ2) is 7.84. The van der Waals surface area contributed by atoms with Gasteiger partial charge in [0.2, 0.25) is 0 Å². The van der Waals surface area contributed by atoms with Crippen LogP contribution in [0.1, 0.15) is 43.8 Å². The quantitative estimate of drug-likeness (QED) is 0.798. The minimum atomic E-state index is -0.698. The van der Waals surface area contributed by atoms with Crippen LogP contribution in [0.15, 0.2) is 18.5 Å². The highest BCUT2D eigenvalue weighted by Gasteiger charge is 2.32. The van der Waals surface area contributed by atoms with Crippen molar-refractivity contribution in [1.29, 1.82) is 0 Å². The van der Waals surface area contributed by atoms with Gasteiger partial charge in [0.25, 0.3) is 0 Å². The fourth-order valence-electron chi connectivity index (χ4n) is 3.28. The second-order valence-electron chi connectivity index (χ2n) is 6.13. The lowest BCUT2D eigenvalue weighted by molar-refractivity contribution is -0.179. The Morgan fingerprint density at radius 1 is 1.26 bits per heavy atom. The van der Waals surface area contributed by atoms with E-state index < -0.39 is 24.0 Å². The van der Waals surface area contributed by atoms with Crippen LogP contribution in [-0.4, -0.2) is 36.9 Å². The molecular formula is C17H22FNO4. The lowest BCUT2D eigenvalue weighted by Gasteiger charge is -2.31. The molecule has 126 valence electrons. The van der Waals surface area contributed by atoms with E-state index in [0.717, 1.165) is 31.9 Å². The molecule has 0 unspecified atom stereocenters. The first kappa shape index (κ1) is 16.3. The Labute approximate surface area is 135 Å². The molecule has 1 aromatic heterocycles. The van der Waals surface area contributed by atoms with Gasteiger partial charge in [-0.2, -0.15) is 0 Å². The molecule has 1 saturated carbocycles. The molecular weight excluding hydrogens is 301 g/mol. The molecule has 0 radical (unpaired) electrons. The number of carbonyl (C=O) groups excluding carboxylic acids is 1. The third kappa shape index (κ3) is 4.26. The van der Waals surface area contributed by atoms with E-state index in [1.807, 2.05) is 0 Å². The molecule has 6 heteroatoms. The van der Waals surface area contributed by atoms with Crippen LogP contribution in [0.3, 0.4) is 0 Å². The number of ether oxygens (including phenoxy) is 3. The molecule has 0 amide bonds. The van der Waals surface area contributed by atoms with Crippen molar-refractivity contribution in [2.24, 2.45) is 5.92 Å². The van der Waals surface area contributed by atoms with E-state index in [0.29, 0.717) is 18.8 Å². The summed E-state index contributed by atoms with van der Waals surface area (Å²) >= 11 is 0. The van der Waals surface area contributed by atoms with E-state index in [1.54, 1.807) is 6.20 Å². The predicted molar refractivity (Wildman–Crippen MR) is 80.2 cm³/mol. The van der Waals surface area contributed by atoms with Gasteiger partial charge in [-0.05, 0) is 18.9 Å². The summed E-state index contributed by atoms with van der Waals surface area (Å²) in [5.74, 6) is -0.665. The van der Waals surface area contributed by atoms with Gasteiger partial charge >= 0.3 is 5.97 Å². The molecule has 1 aliphatic heterocycles. The number of nitrogens with zero attached hydrogens (tertiary/aromatic N) is 1. The Hall–Kier alpha value is -1.53. The summed E-state index contributed by atoms with van der Waals surface area (Å²) < 4.78 is 29.9. The van der Waals surface area contributed by atoms with Gasteiger partial charge in [0.05, 0.1) is 26.0 Å². The first-order chi connectivity index (χ1) is 11.2. The van der Waals surface area contributed by atoms with Crippen LogP contribution in [0.25, 0.3) is 0 Å². The summed E-state index contributed by atoms with van der Waals surface area (Å²) in [6.07, 6.45) is 6.89. The van der Waals surface area contributed by atoms with Crippen molar-refractivity contribution in [2.45, 2.75) is 44.3 Å². The number of halogens is 1. The summed E-state index contributed by atoms with van der Waals surface area (Å²) in [6, 6.07) is 1.40. The van der Waals surface area contributed by atoms with Crippen LogP contribution in [0.4, 0.5) is 4.39 Å². The van der Waals surface area contributed by atoms with Crippen molar-refractivity contribution < 1.29 is 23.4 Å². The Kier molecular flexibility index (Phi) is 5.56. The molecule has 1 aromatic rings. The molecule has 2 heterocycles. The van der Waals surface area contributed by atoms with E-state index >= 15 is 0 Å². The number of carbonyl (C=O) groups is 1. The highest BCUT2D eigenvalue weighted by molar-refractivity contribution is 5.75.